The van der Waals surface area contributed by atoms with Gasteiger partial charge < -0.3 is 16.0 Å². The van der Waals surface area contributed by atoms with Crippen LogP contribution in [0.25, 0.3) is 0 Å². The van der Waals surface area contributed by atoms with Crippen molar-refractivity contribution in [3.8, 4) is 0 Å². The normalized spacial score (nSPS) is 34.1. The number of nitrogens with zero attached hydrogens (tertiary/aromatic N) is 1. The number of carbonyl (C=O) groups excluding carboxylic acids is 1. The van der Waals surface area contributed by atoms with Gasteiger partial charge in [-0.15, -0.1) is 0 Å². The number of anilines is 1. The zero-order valence-corrected chi connectivity index (χ0v) is 15.5. The van der Waals surface area contributed by atoms with E-state index in [4.69, 9.17) is 4.98 Å². The maximum Gasteiger partial charge on any atom is 0.315 e. The molecule has 4 saturated carbocycles. The number of aromatic nitrogens is 1. The molecule has 0 radical (unpaired) electrons. The van der Waals surface area contributed by atoms with E-state index < -0.39 is 0 Å². The van der Waals surface area contributed by atoms with Crippen LogP contribution in [0.3, 0.4) is 0 Å². The largest absolute Gasteiger partial charge is 0.370 e. The Morgan fingerprint density at radius 3 is 2.65 bits per heavy atom. The Bertz CT molecular complexity index is 661. The van der Waals surface area contributed by atoms with E-state index in [0.29, 0.717) is 12.6 Å². The zero-order chi connectivity index (χ0) is 17.5. The highest BCUT2D eigenvalue weighted by atomic mass is 16.2. The molecule has 3 N–H and O–H groups in total. The van der Waals surface area contributed by atoms with Crippen LogP contribution in [0.1, 0.15) is 49.8 Å². The molecule has 0 unspecified atom stereocenters. The lowest BCUT2D eigenvalue weighted by Crippen LogP contribution is -2.57. The van der Waals surface area contributed by atoms with E-state index in [9.17, 15) is 4.79 Å². The molecule has 4 fully saturated rings. The third-order valence-corrected chi connectivity index (χ3v) is 7.14. The minimum Gasteiger partial charge on any atom is -0.370 e. The van der Waals surface area contributed by atoms with Crippen molar-refractivity contribution in [3.05, 3.63) is 23.4 Å². The first-order valence-electron chi connectivity index (χ1n) is 10.5. The summed E-state index contributed by atoms with van der Waals surface area (Å²) in [5.41, 5.74) is 2.36. The monoisotopic (exact) mass is 354 g/mol. The Labute approximate surface area is 155 Å². The molecule has 2 amide bonds. The smallest absolute Gasteiger partial charge is 0.315 e. The Morgan fingerprint density at radius 2 is 1.88 bits per heavy atom. The fraction of sp³-hybridized carbons (Fsp3) is 0.714. The van der Waals surface area contributed by atoms with Crippen molar-refractivity contribution in [2.24, 2.45) is 23.7 Å². The minimum atomic E-state index is 0.0126. The molecule has 4 bridgehead atoms. The van der Waals surface area contributed by atoms with Gasteiger partial charge in [-0.25, -0.2) is 9.78 Å². The Kier molecular flexibility index (Phi) is 4.26. The van der Waals surface area contributed by atoms with Gasteiger partial charge in [0.25, 0.3) is 0 Å². The van der Waals surface area contributed by atoms with Gasteiger partial charge in [-0.2, -0.15) is 0 Å². The summed E-state index contributed by atoms with van der Waals surface area (Å²) in [6.07, 6.45) is 9.88. The highest BCUT2D eigenvalue weighted by Crippen LogP contribution is 2.53. The molecule has 0 aromatic carbocycles. The number of hydrogen-bond acceptors (Lipinski definition) is 3. The van der Waals surface area contributed by atoms with Crippen LogP contribution in [0.2, 0.25) is 0 Å². The standard InChI is InChI=1S/C21H30N4O/c26-21(25-19-16-9-13-8-14(11-16)12-17(19)10-13)23-7-5-18-4-3-15-2-1-6-22-20(15)24-18/h3-4,13-14,16-17,19H,1-2,5-12H2,(H,22,24)(H2,23,25,26). The number of aryl methyl sites for hydroxylation is 1. The Balaban J connectivity index is 1.11. The molecule has 1 aromatic heterocycles. The van der Waals surface area contributed by atoms with E-state index in [-0.39, 0.29) is 6.03 Å². The number of pyridine rings is 1. The molecule has 5 heteroatoms. The molecule has 4 aliphatic carbocycles. The van der Waals surface area contributed by atoms with Crippen molar-refractivity contribution in [2.45, 2.75) is 57.4 Å². The molecule has 0 saturated heterocycles. The van der Waals surface area contributed by atoms with Crippen LogP contribution < -0.4 is 16.0 Å². The molecule has 5 aliphatic rings. The van der Waals surface area contributed by atoms with Gasteiger partial charge in [-0.1, -0.05) is 6.07 Å². The van der Waals surface area contributed by atoms with E-state index in [1.165, 1.54) is 44.1 Å². The molecule has 0 spiro atoms. The molecule has 140 valence electrons. The third kappa shape index (κ3) is 3.17. The van der Waals surface area contributed by atoms with Gasteiger partial charge in [0.2, 0.25) is 0 Å². The van der Waals surface area contributed by atoms with Crippen molar-refractivity contribution in [3.63, 3.8) is 0 Å². The van der Waals surface area contributed by atoms with Crippen LogP contribution >= 0.6 is 0 Å². The summed E-state index contributed by atoms with van der Waals surface area (Å²) in [5, 5.41) is 9.75. The first-order valence-corrected chi connectivity index (χ1v) is 10.5. The van der Waals surface area contributed by atoms with E-state index in [1.807, 2.05) is 0 Å². The zero-order valence-electron chi connectivity index (χ0n) is 15.5. The molecule has 0 atom stereocenters. The Hall–Kier alpha value is -1.78. The predicted octanol–water partition coefficient (Wildman–Crippen LogP) is 3.11. The lowest BCUT2D eigenvalue weighted by atomic mass is 9.54. The van der Waals surface area contributed by atoms with E-state index in [1.54, 1.807) is 0 Å². The average Bonchev–Trinajstić information content (AvgIpc) is 2.64. The number of urea groups is 1. The summed E-state index contributed by atoms with van der Waals surface area (Å²) in [6, 6.07) is 4.70. The second kappa shape index (κ2) is 6.75. The van der Waals surface area contributed by atoms with Crippen molar-refractivity contribution >= 4 is 11.8 Å². The highest BCUT2D eigenvalue weighted by molar-refractivity contribution is 5.74. The van der Waals surface area contributed by atoms with Crippen molar-refractivity contribution in [1.82, 2.24) is 15.6 Å². The number of nitrogens with one attached hydrogen (secondary N) is 3. The SMILES string of the molecule is O=C(NCCc1ccc2c(n1)NCCC2)NC1C2CC3CC(C2)CC1C3. The third-order valence-electron chi connectivity index (χ3n) is 7.14. The van der Waals surface area contributed by atoms with Crippen LogP contribution in [0.5, 0.6) is 0 Å². The quantitative estimate of drug-likeness (QED) is 0.778. The lowest BCUT2D eigenvalue weighted by molar-refractivity contribution is -0.00940. The maximum absolute atomic E-state index is 12.4. The van der Waals surface area contributed by atoms with Crippen LogP contribution in [-0.2, 0) is 12.8 Å². The number of hydrogen-bond donors (Lipinski definition) is 3. The second-order valence-electron chi connectivity index (χ2n) is 8.95. The summed E-state index contributed by atoms with van der Waals surface area (Å²) in [5.74, 6) is 4.38. The van der Waals surface area contributed by atoms with Gasteiger partial charge >= 0.3 is 6.03 Å². The summed E-state index contributed by atoms with van der Waals surface area (Å²) < 4.78 is 0. The fourth-order valence-electron chi connectivity index (χ4n) is 6.18. The Morgan fingerprint density at radius 1 is 1.12 bits per heavy atom. The molecule has 5 nitrogen and oxygen atoms in total. The first kappa shape index (κ1) is 16.4. The summed E-state index contributed by atoms with van der Waals surface area (Å²) in [7, 11) is 0. The number of fused-ring (bicyclic) bond motifs is 1. The molecule has 26 heavy (non-hydrogen) atoms. The molecule has 6 rings (SSSR count). The molecular weight excluding hydrogens is 324 g/mol. The van der Waals surface area contributed by atoms with Gasteiger partial charge in [-0.3, -0.25) is 0 Å². The first-order chi connectivity index (χ1) is 12.7. The van der Waals surface area contributed by atoms with Crippen molar-refractivity contribution in [1.29, 1.82) is 0 Å². The van der Waals surface area contributed by atoms with Gasteiger partial charge in [0.1, 0.15) is 5.82 Å². The van der Waals surface area contributed by atoms with Gasteiger partial charge in [0.05, 0.1) is 0 Å². The molecular formula is C21H30N4O. The maximum atomic E-state index is 12.4. The average molecular weight is 354 g/mol. The van der Waals surface area contributed by atoms with Gasteiger partial charge in [0.15, 0.2) is 0 Å². The second-order valence-corrected chi connectivity index (χ2v) is 8.95. The summed E-state index contributed by atoms with van der Waals surface area (Å²) in [4.78, 5) is 17.1. The van der Waals surface area contributed by atoms with Crippen LogP contribution in [-0.4, -0.2) is 30.1 Å². The van der Waals surface area contributed by atoms with E-state index in [2.05, 4.69) is 28.1 Å². The van der Waals surface area contributed by atoms with Crippen LogP contribution in [0.15, 0.2) is 12.1 Å². The topological polar surface area (TPSA) is 66.0 Å². The summed E-state index contributed by atoms with van der Waals surface area (Å²) in [6.45, 7) is 1.65. The fourth-order valence-corrected chi connectivity index (χ4v) is 6.18. The van der Waals surface area contributed by atoms with Crippen molar-refractivity contribution < 1.29 is 4.79 Å². The van der Waals surface area contributed by atoms with Crippen LogP contribution in [0.4, 0.5) is 10.6 Å². The predicted molar refractivity (Wildman–Crippen MR) is 102 cm³/mol. The van der Waals surface area contributed by atoms with Gasteiger partial charge in [0, 0.05) is 31.2 Å². The van der Waals surface area contributed by atoms with Crippen molar-refractivity contribution in [2.75, 3.05) is 18.4 Å². The molecule has 1 aromatic rings. The van der Waals surface area contributed by atoms with E-state index >= 15 is 0 Å². The highest BCUT2D eigenvalue weighted by Gasteiger charge is 2.48. The number of rotatable bonds is 4. The van der Waals surface area contributed by atoms with Gasteiger partial charge in [-0.05, 0) is 80.2 Å². The minimum absolute atomic E-state index is 0.0126. The summed E-state index contributed by atoms with van der Waals surface area (Å²) >= 11 is 0. The van der Waals surface area contributed by atoms with E-state index in [0.717, 1.165) is 54.6 Å². The number of amides is 2. The number of carbonyl (C=O) groups is 1. The lowest BCUT2D eigenvalue weighted by Gasteiger charge is -2.54. The molecule has 2 heterocycles. The molecule has 1 aliphatic heterocycles. The van der Waals surface area contributed by atoms with Crippen LogP contribution in [0, 0.1) is 23.7 Å².